The second-order valence-corrected chi connectivity index (χ2v) is 6.35. The molecule has 0 bridgehead atoms. The van der Waals surface area contributed by atoms with Crippen LogP contribution in [0.3, 0.4) is 0 Å². The Morgan fingerprint density at radius 1 is 1.35 bits per heavy atom. The molecule has 1 heterocycles. The first-order valence-electron chi connectivity index (χ1n) is 5.97. The molecular formula is C10H22N2O4S. The highest BCUT2D eigenvalue weighted by Gasteiger charge is 2.26. The van der Waals surface area contributed by atoms with Gasteiger partial charge in [0.1, 0.15) is 0 Å². The van der Waals surface area contributed by atoms with Crippen molar-refractivity contribution in [1.29, 1.82) is 0 Å². The minimum Gasteiger partial charge on any atom is -0.392 e. The number of aliphatic hydroxyl groups is 1. The van der Waals surface area contributed by atoms with Crippen LogP contribution in [0.25, 0.3) is 0 Å². The number of hydrogen-bond acceptors (Lipinski definition) is 5. The third-order valence-corrected chi connectivity index (χ3v) is 4.61. The smallest absolute Gasteiger partial charge is 0.214 e. The zero-order valence-corrected chi connectivity index (χ0v) is 11.0. The molecule has 0 saturated carbocycles. The third-order valence-electron chi connectivity index (χ3n) is 2.65. The maximum absolute atomic E-state index is 11.8. The molecule has 1 atom stereocenters. The van der Waals surface area contributed by atoms with Gasteiger partial charge in [0.05, 0.1) is 11.4 Å². The van der Waals surface area contributed by atoms with Gasteiger partial charge in [0.25, 0.3) is 0 Å². The lowest BCUT2D eigenvalue weighted by molar-refractivity contribution is 0.0981. The summed E-state index contributed by atoms with van der Waals surface area (Å²) in [6.45, 7) is 4.07. The summed E-state index contributed by atoms with van der Waals surface area (Å²) in [5, 5.41) is 11.6. The number of nitrogens with one attached hydrogen (secondary N) is 2. The van der Waals surface area contributed by atoms with Crippen LogP contribution in [0, 0.1) is 0 Å². The standard InChI is InChI=1S/C10H22N2O4S/c1-9(13)8-11-4-5-12-17(14,15)10-2-6-16-7-3-10/h9-13H,2-8H2,1H3. The molecular weight excluding hydrogens is 244 g/mol. The van der Waals surface area contributed by atoms with Gasteiger partial charge in [-0.3, -0.25) is 0 Å². The highest BCUT2D eigenvalue weighted by Crippen LogP contribution is 2.14. The van der Waals surface area contributed by atoms with Gasteiger partial charge in [-0.1, -0.05) is 0 Å². The molecule has 6 nitrogen and oxygen atoms in total. The van der Waals surface area contributed by atoms with Gasteiger partial charge in [0.2, 0.25) is 10.0 Å². The van der Waals surface area contributed by atoms with Gasteiger partial charge in [-0.25, -0.2) is 13.1 Å². The van der Waals surface area contributed by atoms with Crippen LogP contribution in [-0.2, 0) is 14.8 Å². The number of hydrogen-bond donors (Lipinski definition) is 3. The fraction of sp³-hybridized carbons (Fsp3) is 1.00. The maximum atomic E-state index is 11.8. The van der Waals surface area contributed by atoms with Crippen LogP contribution < -0.4 is 10.0 Å². The highest BCUT2D eigenvalue weighted by atomic mass is 32.2. The molecule has 1 fully saturated rings. The first-order valence-corrected chi connectivity index (χ1v) is 7.52. The molecule has 0 radical (unpaired) electrons. The van der Waals surface area contributed by atoms with Gasteiger partial charge < -0.3 is 15.2 Å². The predicted octanol–water partition coefficient (Wildman–Crippen LogP) is -0.945. The first kappa shape index (κ1) is 14.8. The van der Waals surface area contributed by atoms with E-state index in [1.165, 1.54) is 0 Å². The van der Waals surface area contributed by atoms with Crippen LogP contribution in [0.1, 0.15) is 19.8 Å². The molecule has 0 aromatic heterocycles. The Bertz CT molecular complexity index is 299. The van der Waals surface area contributed by atoms with Crippen LogP contribution in [-0.4, -0.2) is 57.7 Å². The zero-order chi connectivity index (χ0) is 12.7. The van der Waals surface area contributed by atoms with E-state index in [1.54, 1.807) is 6.92 Å². The molecule has 1 aliphatic heterocycles. The third kappa shape index (κ3) is 5.78. The van der Waals surface area contributed by atoms with E-state index in [-0.39, 0.29) is 5.25 Å². The fourth-order valence-electron chi connectivity index (χ4n) is 1.70. The summed E-state index contributed by atoms with van der Waals surface area (Å²) in [6.07, 6.45) is 0.717. The molecule has 0 amide bonds. The number of rotatable bonds is 7. The second-order valence-electron chi connectivity index (χ2n) is 4.30. The number of aliphatic hydroxyl groups excluding tert-OH is 1. The van der Waals surface area contributed by atoms with Crippen molar-refractivity contribution < 1.29 is 18.3 Å². The van der Waals surface area contributed by atoms with E-state index in [0.717, 1.165) is 0 Å². The topological polar surface area (TPSA) is 87.7 Å². The van der Waals surface area contributed by atoms with Crippen molar-refractivity contribution in [3.05, 3.63) is 0 Å². The Labute approximate surface area is 103 Å². The summed E-state index contributed by atoms with van der Waals surface area (Å²) in [6, 6.07) is 0. The van der Waals surface area contributed by atoms with Gasteiger partial charge in [-0.2, -0.15) is 0 Å². The van der Waals surface area contributed by atoms with Gasteiger partial charge in [0, 0.05) is 32.8 Å². The van der Waals surface area contributed by atoms with Gasteiger partial charge >= 0.3 is 0 Å². The van der Waals surface area contributed by atoms with Crippen molar-refractivity contribution >= 4 is 10.0 Å². The second kappa shape index (κ2) is 7.27. The Kier molecular flexibility index (Phi) is 6.35. The van der Waals surface area contributed by atoms with E-state index in [0.29, 0.717) is 45.7 Å². The van der Waals surface area contributed by atoms with Crippen molar-refractivity contribution in [3.8, 4) is 0 Å². The summed E-state index contributed by atoms with van der Waals surface area (Å²) in [7, 11) is -3.22. The first-order chi connectivity index (χ1) is 8.02. The van der Waals surface area contributed by atoms with Crippen LogP contribution in [0.2, 0.25) is 0 Å². The largest absolute Gasteiger partial charge is 0.392 e. The fourth-order valence-corrected chi connectivity index (χ4v) is 3.13. The normalized spacial score (nSPS) is 20.4. The summed E-state index contributed by atoms with van der Waals surface area (Å²) >= 11 is 0. The van der Waals surface area contributed by atoms with E-state index < -0.39 is 16.1 Å². The molecule has 1 rings (SSSR count). The predicted molar refractivity (Wildman–Crippen MR) is 65.3 cm³/mol. The Morgan fingerprint density at radius 2 is 2.00 bits per heavy atom. The van der Waals surface area contributed by atoms with Gasteiger partial charge in [0.15, 0.2) is 0 Å². The molecule has 1 aliphatic rings. The quantitative estimate of drug-likeness (QED) is 0.517. The molecule has 17 heavy (non-hydrogen) atoms. The average molecular weight is 266 g/mol. The van der Waals surface area contributed by atoms with Crippen LogP contribution in [0.15, 0.2) is 0 Å². The monoisotopic (exact) mass is 266 g/mol. The Balaban J connectivity index is 2.20. The van der Waals surface area contributed by atoms with Gasteiger partial charge in [-0.05, 0) is 19.8 Å². The SMILES string of the molecule is CC(O)CNCCNS(=O)(=O)C1CCOCC1. The molecule has 0 aromatic carbocycles. The summed E-state index contributed by atoms with van der Waals surface area (Å²) in [4.78, 5) is 0. The molecule has 1 unspecified atom stereocenters. The van der Waals surface area contributed by atoms with E-state index in [9.17, 15) is 8.42 Å². The van der Waals surface area contributed by atoms with E-state index in [2.05, 4.69) is 10.0 Å². The number of sulfonamides is 1. The summed E-state index contributed by atoms with van der Waals surface area (Å²) < 4.78 is 31.4. The minimum atomic E-state index is -3.22. The Morgan fingerprint density at radius 3 is 2.59 bits per heavy atom. The molecule has 0 aliphatic carbocycles. The average Bonchev–Trinajstić information content (AvgIpc) is 2.29. The van der Waals surface area contributed by atoms with Crippen LogP contribution >= 0.6 is 0 Å². The molecule has 3 N–H and O–H groups in total. The molecule has 0 spiro atoms. The van der Waals surface area contributed by atoms with E-state index >= 15 is 0 Å². The molecule has 102 valence electrons. The van der Waals surface area contributed by atoms with Crippen LogP contribution in [0.4, 0.5) is 0 Å². The van der Waals surface area contributed by atoms with Crippen molar-refractivity contribution in [2.24, 2.45) is 0 Å². The lowest BCUT2D eigenvalue weighted by Gasteiger charge is -2.22. The molecule has 1 saturated heterocycles. The van der Waals surface area contributed by atoms with Crippen molar-refractivity contribution in [2.75, 3.05) is 32.8 Å². The maximum Gasteiger partial charge on any atom is 0.214 e. The van der Waals surface area contributed by atoms with Gasteiger partial charge in [-0.15, -0.1) is 0 Å². The van der Waals surface area contributed by atoms with Crippen molar-refractivity contribution in [3.63, 3.8) is 0 Å². The minimum absolute atomic E-state index is 0.326. The van der Waals surface area contributed by atoms with E-state index in [4.69, 9.17) is 9.84 Å². The summed E-state index contributed by atoms with van der Waals surface area (Å²) in [5.74, 6) is 0. The number of ether oxygens (including phenoxy) is 1. The lowest BCUT2D eigenvalue weighted by atomic mass is 10.2. The van der Waals surface area contributed by atoms with Crippen molar-refractivity contribution in [2.45, 2.75) is 31.1 Å². The van der Waals surface area contributed by atoms with Crippen molar-refractivity contribution in [1.82, 2.24) is 10.0 Å². The zero-order valence-electron chi connectivity index (χ0n) is 10.2. The Hall–Kier alpha value is -0.210. The molecule has 7 heteroatoms. The molecule has 0 aromatic rings. The van der Waals surface area contributed by atoms with Crippen LogP contribution in [0.5, 0.6) is 0 Å². The highest BCUT2D eigenvalue weighted by molar-refractivity contribution is 7.90. The summed E-state index contributed by atoms with van der Waals surface area (Å²) in [5.41, 5.74) is 0. The lowest BCUT2D eigenvalue weighted by Crippen LogP contribution is -2.41. The van der Waals surface area contributed by atoms with E-state index in [1.807, 2.05) is 0 Å².